The summed E-state index contributed by atoms with van der Waals surface area (Å²) < 4.78 is 7.02. The molecule has 4 aromatic rings. The Labute approximate surface area is 203 Å². The van der Waals surface area contributed by atoms with Gasteiger partial charge in [0.2, 0.25) is 0 Å². The van der Waals surface area contributed by atoms with Crippen LogP contribution in [0.15, 0.2) is 47.3 Å². The molecule has 0 amide bonds. The standard InChI is InChI=1S/C26H30N6O3/c1-16-12-17(2)21-14-22(26(34)27-23(21)13-16)24(31-10-8-19(33)9-11-31)25-28-29-30-32(25)15-18-4-6-20(35-3)7-5-18/h4-7,12-14,19,24,33H,8-11,15H2,1-3H3,(H,27,34)/t24-/m0/s1. The fourth-order valence-electron chi connectivity index (χ4n) is 4.96. The number of aromatic amines is 1. The van der Waals surface area contributed by atoms with E-state index in [0.717, 1.165) is 33.3 Å². The number of piperidine rings is 1. The lowest BCUT2D eigenvalue weighted by Gasteiger charge is -2.35. The molecule has 1 aliphatic heterocycles. The van der Waals surface area contributed by atoms with Gasteiger partial charge in [0, 0.05) is 29.6 Å². The molecule has 0 unspecified atom stereocenters. The molecule has 1 saturated heterocycles. The van der Waals surface area contributed by atoms with Gasteiger partial charge in [0.25, 0.3) is 5.56 Å². The second-order valence-electron chi connectivity index (χ2n) is 9.31. The van der Waals surface area contributed by atoms with E-state index in [2.05, 4.69) is 38.4 Å². The molecule has 0 aliphatic carbocycles. The number of benzene rings is 2. The van der Waals surface area contributed by atoms with E-state index in [1.54, 1.807) is 11.8 Å². The number of tetrazole rings is 1. The lowest BCUT2D eigenvalue weighted by Crippen LogP contribution is -2.41. The molecule has 9 nitrogen and oxygen atoms in total. The van der Waals surface area contributed by atoms with Crippen LogP contribution in [0.4, 0.5) is 0 Å². The quantitative estimate of drug-likeness (QED) is 0.442. The number of nitrogens with one attached hydrogen (secondary N) is 1. The number of methoxy groups -OCH3 is 1. The molecule has 0 radical (unpaired) electrons. The van der Waals surface area contributed by atoms with E-state index >= 15 is 0 Å². The zero-order chi connectivity index (χ0) is 24.5. The summed E-state index contributed by atoms with van der Waals surface area (Å²) in [4.78, 5) is 18.7. The lowest BCUT2D eigenvalue weighted by atomic mass is 9.97. The Morgan fingerprint density at radius 2 is 1.89 bits per heavy atom. The Kier molecular flexibility index (Phi) is 6.36. The van der Waals surface area contributed by atoms with Crippen molar-refractivity contribution >= 4 is 10.9 Å². The van der Waals surface area contributed by atoms with Gasteiger partial charge in [-0.3, -0.25) is 9.69 Å². The third-order valence-electron chi connectivity index (χ3n) is 6.80. The Hall–Kier alpha value is -3.56. The van der Waals surface area contributed by atoms with Crippen LogP contribution in [0.3, 0.4) is 0 Å². The number of ether oxygens (including phenoxy) is 1. The van der Waals surface area contributed by atoms with E-state index in [1.165, 1.54) is 0 Å². The molecule has 1 fully saturated rings. The van der Waals surface area contributed by atoms with Gasteiger partial charge in [-0.15, -0.1) is 5.10 Å². The number of pyridine rings is 1. The van der Waals surface area contributed by atoms with Crippen LogP contribution in [0.2, 0.25) is 0 Å². The third-order valence-corrected chi connectivity index (χ3v) is 6.80. The average Bonchev–Trinajstić information content (AvgIpc) is 3.29. The van der Waals surface area contributed by atoms with Crippen molar-refractivity contribution in [2.75, 3.05) is 20.2 Å². The maximum Gasteiger partial charge on any atom is 0.253 e. The number of aryl methyl sites for hydroxylation is 2. The van der Waals surface area contributed by atoms with Gasteiger partial charge in [-0.25, -0.2) is 4.68 Å². The monoisotopic (exact) mass is 474 g/mol. The first-order valence-electron chi connectivity index (χ1n) is 11.9. The Bertz CT molecular complexity index is 1390. The number of nitrogens with zero attached hydrogens (tertiary/aromatic N) is 5. The molecule has 2 aromatic carbocycles. The van der Waals surface area contributed by atoms with Crippen LogP contribution in [0.1, 0.15) is 47.0 Å². The zero-order valence-electron chi connectivity index (χ0n) is 20.2. The van der Waals surface area contributed by atoms with Crippen molar-refractivity contribution in [2.45, 2.75) is 45.4 Å². The molecule has 2 N–H and O–H groups in total. The number of aliphatic hydroxyl groups is 1. The fourth-order valence-corrected chi connectivity index (χ4v) is 4.96. The topological polar surface area (TPSA) is 109 Å². The van der Waals surface area contributed by atoms with Gasteiger partial charge in [-0.1, -0.05) is 18.2 Å². The number of rotatable bonds is 6. The number of likely N-dealkylation sites (tertiary alicyclic amines) is 1. The first-order valence-corrected chi connectivity index (χ1v) is 11.9. The zero-order valence-corrected chi connectivity index (χ0v) is 20.2. The summed E-state index contributed by atoms with van der Waals surface area (Å²) in [7, 11) is 1.64. The largest absolute Gasteiger partial charge is 0.497 e. The predicted octanol–water partition coefficient (Wildman–Crippen LogP) is 2.73. The number of aliphatic hydroxyl groups excluding tert-OH is 1. The number of hydrogen-bond acceptors (Lipinski definition) is 7. The van der Waals surface area contributed by atoms with Gasteiger partial charge in [-0.05, 0) is 78.1 Å². The minimum absolute atomic E-state index is 0.155. The van der Waals surface area contributed by atoms with E-state index in [4.69, 9.17) is 4.74 Å². The summed E-state index contributed by atoms with van der Waals surface area (Å²) >= 11 is 0. The molecule has 1 aliphatic rings. The number of fused-ring (bicyclic) bond motifs is 1. The number of hydrogen-bond donors (Lipinski definition) is 2. The Morgan fingerprint density at radius 1 is 1.14 bits per heavy atom. The van der Waals surface area contributed by atoms with Crippen molar-refractivity contribution in [1.82, 2.24) is 30.1 Å². The van der Waals surface area contributed by atoms with Crippen molar-refractivity contribution in [3.8, 4) is 5.75 Å². The fraction of sp³-hybridized carbons (Fsp3) is 0.385. The van der Waals surface area contributed by atoms with Gasteiger partial charge in [0.15, 0.2) is 5.82 Å². The summed E-state index contributed by atoms with van der Waals surface area (Å²) in [6, 6.07) is 13.4. The summed E-state index contributed by atoms with van der Waals surface area (Å²) in [5.41, 5.74) is 4.49. The van der Waals surface area contributed by atoms with Crippen molar-refractivity contribution in [1.29, 1.82) is 0 Å². The molecular weight excluding hydrogens is 444 g/mol. The van der Waals surface area contributed by atoms with Crippen molar-refractivity contribution in [3.05, 3.63) is 80.9 Å². The first kappa shape index (κ1) is 23.2. The predicted molar refractivity (Wildman–Crippen MR) is 133 cm³/mol. The minimum Gasteiger partial charge on any atom is -0.497 e. The third kappa shape index (κ3) is 4.69. The highest BCUT2D eigenvalue weighted by Crippen LogP contribution is 2.30. The molecule has 0 bridgehead atoms. The maximum atomic E-state index is 13.4. The van der Waals surface area contributed by atoms with Crippen LogP contribution >= 0.6 is 0 Å². The first-order chi connectivity index (χ1) is 16.9. The summed E-state index contributed by atoms with van der Waals surface area (Å²) in [5, 5.41) is 23.8. The Morgan fingerprint density at radius 3 is 2.60 bits per heavy atom. The van der Waals surface area contributed by atoms with Crippen LogP contribution in [0.5, 0.6) is 5.75 Å². The second kappa shape index (κ2) is 9.59. The molecule has 0 saturated carbocycles. The van der Waals surface area contributed by atoms with Crippen LogP contribution in [0.25, 0.3) is 10.9 Å². The van der Waals surface area contributed by atoms with E-state index < -0.39 is 6.04 Å². The Balaban J connectivity index is 1.60. The van der Waals surface area contributed by atoms with Gasteiger partial charge < -0.3 is 14.8 Å². The minimum atomic E-state index is -0.440. The van der Waals surface area contributed by atoms with E-state index in [9.17, 15) is 9.90 Å². The number of H-pyrrole nitrogens is 1. The molecule has 3 heterocycles. The average molecular weight is 475 g/mol. The summed E-state index contributed by atoms with van der Waals surface area (Å²) in [6.07, 6.45) is 0.947. The molecular formula is C26H30N6O3. The lowest BCUT2D eigenvalue weighted by molar-refractivity contribution is 0.0659. The molecule has 35 heavy (non-hydrogen) atoms. The summed E-state index contributed by atoms with van der Waals surface area (Å²) in [5.74, 6) is 1.38. The van der Waals surface area contributed by atoms with Gasteiger partial charge in [0.05, 0.1) is 19.8 Å². The highest BCUT2D eigenvalue weighted by atomic mass is 16.5. The van der Waals surface area contributed by atoms with Crippen LogP contribution < -0.4 is 10.3 Å². The van der Waals surface area contributed by atoms with E-state index in [1.807, 2.05) is 43.3 Å². The molecule has 182 valence electrons. The van der Waals surface area contributed by atoms with E-state index in [0.29, 0.717) is 43.9 Å². The summed E-state index contributed by atoms with van der Waals surface area (Å²) in [6.45, 7) is 5.82. The molecule has 2 aromatic heterocycles. The highest BCUT2D eigenvalue weighted by Gasteiger charge is 2.33. The number of aromatic nitrogens is 5. The van der Waals surface area contributed by atoms with Crippen LogP contribution in [-0.2, 0) is 6.54 Å². The van der Waals surface area contributed by atoms with Crippen molar-refractivity contribution in [2.24, 2.45) is 0 Å². The van der Waals surface area contributed by atoms with Crippen LogP contribution in [-0.4, -0.2) is 61.5 Å². The van der Waals surface area contributed by atoms with E-state index in [-0.39, 0.29) is 11.7 Å². The maximum absolute atomic E-state index is 13.4. The normalized spacial score (nSPS) is 16.0. The SMILES string of the molecule is COc1ccc(Cn2nnnc2[C@H](c2cc3c(C)cc(C)cc3[nH]c2=O)N2CCC(O)CC2)cc1. The van der Waals surface area contributed by atoms with Crippen molar-refractivity contribution in [3.63, 3.8) is 0 Å². The smallest absolute Gasteiger partial charge is 0.253 e. The van der Waals surface area contributed by atoms with Gasteiger partial charge in [-0.2, -0.15) is 0 Å². The van der Waals surface area contributed by atoms with Crippen molar-refractivity contribution < 1.29 is 9.84 Å². The molecule has 9 heteroatoms. The molecule has 1 atom stereocenters. The molecule has 0 spiro atoms. The van der Waals surface area contributed by atoms with Gasteiger partial charge >= 0.3 is 0 Å². The van der Waals surface area contributed by atoms with Gasteiger partial charge in [0.1, 0.15) is 11.8 Å². The van der Waals surface area contributed by atoms with Crippen LogP contribution in [0, 0.1) is 13.8 Å². The highest BCUT2D eigenvalue weighted by molar-refractivity contribution is 5.83. The second-order valence-corrected chi connectivity index (χ2v) is 9.31. The molecule has 5 rings (SSSR count).